The van der Waals surface area contributed by atoms with Gasteiger partial charge in [-0.25, -0.2) is 0 Å². The summed E-state index contributed by atoms with van der Waals surface area (Å²) in [5, 5.41) is 0.745. The van der Waals surface area contributed by atoms with Crippen molar-refractivity contribution in [2.75, 3.05) is 31.1 Å². The molecule has 0 saturated carbocycles. The maximum Gasteiger partial charge on any atom is 0.227 e. The number of amides is 1. The molecule has 0 radical (unpaired) electrons. The Kier molecular flexibility index (Phi) is 5.63. The predicted octanol–water partition coefficient (Wildman–Crippen LogP) is 4.90. The zero-order valence-corrected chi connectivity index (χ0v) is 16.5. The Labute approximate surface area is 171 Å². The summed E-state index contributed by atoms with van der Waals surface area (Å²) in [6.07, 6.45) is 0.451. The van der Waals surface area contributed by atoms with Crippen LogP contribution in [-0.4, -0.2) is 37.0 Å². The minimum atomic E-state index is 0.193. The van der Waals surface area contributed by atoms with Crippen molar-refractivity contribution in [2.24, 2.45) is 0 Å². The van der Waals surface area contributed by atoms with Gasteiger partial charge in [-0.1, -0.05) is 72.3 Å². The van der Waals surface area contributed by atoms with E-state index in [9.17, 15) is 4.79 Å². The normalized spacial score (nSPS) is 14.2. The standard InChI is InChI=1S/C24H23ClN2O/c25-22-7-4-8-23(18-22)26-13-15-27(16-14-26)24(28)17-19-9-11-21(12-10-19)20-5-2-1-3-6-20/h1-12,18H,13-17H2. The topological polar surface area (TPSA) is 23.6 Å². The maximum absolute atomic E-state index is 12.7. The SMILES string of the molecule is O=C(Cc1ccc(-c2ccccc2)cc1)N1CCN(c2cccc(Cl)c2)CC1. The molecule has 0 unspecified atom stereocenters. The Hall–Kier alpha value is -2.78. The first-order chi connectivity index (χ1) is 13.7. The van der Waals surface area contributed by atoms with Crippen LogP contribution in [-0.2, 0) is 11.2 Å². The summed E-state index contributed by atoms with van der Waals surface area (Å²) in [7, 11) is 0. The van der Waals surface area contributed by atoms with Gasteiger partial charge in [0, 0.05) is 36.9 Å². The van der Waals surface area contributed by atoms with Crippen LogP contribution in [0.15, 0.2) is 78.9 Å². The molecule has 4 rings (SSSR count). The van der Waals surface area contributed by atoms with Crippen molar-refractivity contribution >= 4 is 23.2 Å². The minimum absolute atomic E-state index is 0.193. The number of hydrogen-bond acceptors (Lipinski definition) is 2. The van der Waals surface area contributed by atoms with Crippen molar-refractivity contribution in [2.45, 2.75) is 6.42 Å². The molecule has 0 N–H and O–H groups in total. The molecule has 1 aliphatic heterocycles. The third kappa shape index (κ3) is 4.37. The maximum atomic E-state index is 12.7. The van der Waals surface area contributed by atoms with E-state index in [-0.39, 0.29) is 5.91 Å². The highest BCUT2D eigenvalue weighted by Crippen LogP contribution is 2.22. The van der Waals surface area contributed by atoms with E-state index in [1.54, 1.807) is 0 Å². The van der Waals surface area contributed by atoms with E-state index in [1.165, 1.54) is 11.1 Å². The van der Waals surface area contributed by atoms with Gasteiger partial charge in [0.05, 0.1) is 6.42 Å². The van der Waals surface area contributed by atoms with Crippen LogP contribution in [0.25, 0.3) is 11.1 Å². The highest BCUT2D eigenvalue weighted by molar-refractivity contribution is 6.30. The van der Waals surface area contributed by atoms with E-state index in [0.29, 0.717) is 6.42 Å². The van der Waals surface area contributed by atoms with Gasteiger partial charge in [0.1, 0.15) is 0 Å². The monoisotopic (exact) mass is 390 g/mol. The number of halogens is 1. The molecular formula is C24H23ClN2O. The van der Waals surface area contributed by atoms with Crippen molar-refractivity contribution in [3.05, 3.63) is 89.4 Å². The van der Waals surface area contributed by atoms with Gasteiger partial charge >= 0.3 is 0 Å². The van der Waals surface area contributed by atoms with E-state index in [4.69, 9.17) is 11.6 Å². The third-order valence-corrected chi connectivity index (χ3v) is 5.46. The zero-order chi connectivity index (χ0) is 19.3. The molecule has 28 heavy (non-hydrogen) atoms. The number of piperazine rings is 1. The van der Waals surface area contributed by atoms with Gasteiger partial charge in [0.15, 0.2) is 0 Å². The smallest absolute Gasteiger partial charge is 0.227 e. The summed E-state index contributed by atoms with van der Waals surface area (Å²) >= 11 is 6.09. The van der Waals surface area contributed by atoms with E-state index < -0.39 is 0 Å². The van der Waals surface area contributed by atoms with E-state index in [2.05, 4.69) is 47.4 Å². The average Bonchev–Trinajstić information content (AvgIpc) is 2.75. The second-order valence-corrected chi connectivity index (χ2v) is 7.52. The number of anilines is 1. The molecule has 0 spiro atoms. The summed E-state index contributed by atoms with van der Waals surface area (Å²) in [5.41, 5.74) is 4.54. The lowest BCUT2D eigenvalue weighted by Crippen LogP contribution is -2.49. The van der Waals surface area contributed by atoms with Crippen LogP contribution in [0.5, 0.6) is 0 Å². The molecule has 1 aliphatic rings. The lowest BCUT2D eigenvalue weighted by molar-refractivity contribution is -0.130. The first kappa shape index (κ1) is 18.6. The molecule has 3 nitrogen and oxygen atoms in total. The summed E-state index contributed by atoms with van der Waals surface area (Å²) < 4.78 is 0. The Bertz CT molecular complexity index is 932. The quantitative estimate of drug-likeness (QED) is 0.632. The highest BCUT2D eigenvalue weighted by atomic mass is 35.5. The second kappa shape index (κ2) is 8.49. The van der Waals surface area contributed by atoms with Crippen LogP contribution >= 0.6 is 11.6 Å². The number of benzene rings is 3. The lowest BCUT2D eigenvalue weighted by Gasteiger charge is -2.36. The zero-order valence-electron chi connectivity index (χ0n) is 15.7. The van der Waals surface area contributed by atoms with Gasteiger partial charge < -0.3 is 9.80 Å². The van der Waals surface area contributed by atoms with E-state index in [1.807, 2.05) is 41.3 Å². The van der Waals surface area contributed by atoms with Crippen LogP contribution in [0.1, 0.15) is 5.56 Å². The fourth-order valence-electron chi connectivity index (χ4n) is 3.62. The molecule has 1 heterocycles. The van der Waals surface area contributed by atoms with Gasteiger partial charge in [-0.05, 0) is 34.9 Å². The third-order valence-electron chi connectivity index (χ3n) is 5.22. The van der Waals surface area contributed by atoms with Gasteiger partial charge in [0.2, 0.25) is 5.91 Å². The predicted molar refractivity (Wildman–Crippen MR) is 116 cm³/mol. The molecule has 0 aliphatic carbocycles. The molecule has 0 bridgehead atoms. The molecular weight excluding hydrogens is 368 g/mol. The molecule has 142 valence electrons. The molecule has 3 aromatic rings. The van der Waals surface area contributed by atoms with E-state index in [0.717, 1.165) is 42.5 Å². The van der Waals surface area contributed by atoms with Crippen molar-refractivity contribution < 1.29 is 4.79 Å². The van der Waals surface area contributed by atoms with Crippen molar-refractivity contribution in [3.8, 4) is 11.1 Å². The number of carbonyl (C=O) groups is 1. The lowest BCUT2D eigenvalue weighted by atomic mass is 10.0. The first-order valence-electron chi connectivity index (χ1n) is 9.62. The van der Waals surface area contributed by atoms with Crippen LogP contribution in [0.3, 0.4) is 0 Å². The molecule has 0 aromatic heterocycles. The number of rotatable bonds is 4. The second-order valence-electron chi connectivity index (χ2n) is 7.09. The van der Waals surface area contributed by atoms with Crippen molar-refractivity contribution in [1.82, 2.24) is 4.90 Å². The fourth-order valence-corrected chi connectivity index (χ4v) is 3.80. The fraction of sp³-hybridized carbons (Fsp3) is 0.208. The molecule has 0 atom stereocenters. The Morgan fingerprint density at radius 1 is 0.786 bits per heavy atom. The number of hydrogen-bond donors (Lipinski definition) is 0. The van der Waals surface area contributed by atoms with Crippen LogP contribution in [0.4, 0.5) is 5.69 Å². The summed E-state index contributed by atoms with van der Waals surface area (Å²) in [4.78, 5) is 17.0. The number of nitrogens with zero attached hydrogens (tertiary/aromatic N) is 2. The van der Waals surface area contributed by atoms with Gasteiger partial charge in [-0.15, -0.1) is 0 Å². The largest absolute Gasteiger partial charge is 0.368 e. The Morgan fingerprint density at radius 3 is 2.14 bits per heavy atom. The van der Waals surface area contributed by atoms with E-state index >= 15 is 0 Å². The highest BCUT2D eigenvalue weighted by Gasteiger charge is 2.21. The first-order valence-corrected chi connectivity index (χ1v) is 9.99. The summed E-state index contributed by atoms with van der Waals surface area (Å²) in [5.74, 6) is 0.193. The summed E-state index contributed by atoms with van der Waals surface area (Å²) in [6, 6.07) is 26.5. The Balaban J connectivity index is 1.33. The molecule has 4 heteroatoms. The minimum Gasteiger partial charge on any atom is -0.368 e. The van der Waals surface area contributed by atoms with Gasteiger partial charge in [0.25, 0.3) is 0 Å². The van der Waals surface area contributed by atoms with Crippen LogP contribution in [0, 0.1) is 0 Å². The summed E-state index contributed by atoms with van der Waals surface area (Å²) in [6.45, 7) is 3.15. The average molecular weight is 391 g/mol. The Morgan fingerprint density at radius 2 is 1.46 bits per heavy atom. The van der Waals surface area contributed by atoms with Gasteiger partial charge in [-0.3, -0.25) is 4.79 Å². The number of carbonyl (C=O) groups excluding carboxylic acids is 1. The molecule has 1 amide bonds. The van der Waals surface area contributed by atoms with Crippen LogP contribution in [0.2, 0.25) is 5.02 Å². The van der Waals surface area contributed by atoms with Crippen LogP contribution < -0.4 is 4.90 Å². The van der Waals surface area contributed by atoms with Crippen molar-refractivity contribution in [1.29, 1.82) is 0 Å². The van der Waals surface area contributed by atoms with Crippen molar-refractivity contribution in [3.63, 3.8) is 0 Å². The molecule has 1 fully saturated rings. The van der Waals surface area contributed by atoms with Gasteiger partial charge in [-0.2, -0.15) is 0 Å². The molecule has 3 aromatic carbocycles. The molecule has 1 saturated heterocycles.